The van der Waals surface area contributed by atoms with Crippen molar-refractivity contribution in [1.82, 2.24) is 0 Å². The Kier molecular flexibility index (Phi) is 4.14. The number of nitrogens with zero attached hydrogens (tertiary/aromatic N) is 1. The fraction of sp³-hybridized carbons (Fsp3) is 0.0909. The van der Waals surface area contributed by atoms with Gasteiger partial charge in [-0.2, -0.15) is 0 Å². The number of carbonyl (C=O) groups excluding carboxylic acids is 1. The lowest BCUT2D eigenvalue weighted by Gasteiger charge is -1.97. The van der Waals surface area contributed by atoms with Crippen LogP contribution in [0.15, 0.2) is 35.5 Å². The van der Waals surface area contributed by atoms with Crippen LogP contribution in [0, 0.1) is 0 Å². The number of aldehydes is 1. The molecule has 3 heteroatoms. The van der Waals surface area contributed by atoms with Crippen molar-refractivity contribution in [3.8, 4) is 0 Å². The van der Waals surface area contributed by atoms with Gasteiger partial charge in [-0.1, -0.05) is 41.6 Å². The lowest BCUT2D eigenvalue weighted by atomic mass is 10.1. The molecular formula is C11H11NO2. The molecule has 14 heavy (non-hydrogen) atoms. The van der Waals surface area contributed by atoms with E-state index in [2.05, 4.69) is 5.16 Å². The monoisotopic (exact) mass is 189 g/mol. The van der Waals surface area contributed by atoms with E-state index in [0.29, 0.717) is 6.42 Å². The maximum Gasteiger partial charge on any atom is 0.123 e. The molecule has 0 aliphatic carbocycles. The van der Waals surface area contributed by atoms with Crippen LogP contribution in [0.2, 0.25) is 0 Å². The highest BCUT2D eigenvalue weighted by molar-refractivity contribution is 5.85. The summed E-state index contributed by atoms with van der Waals surface area (Å²) in [5.74, 6) is 0. The first-order valence-corrected chi connectivity index (χ1v) is 4.25. The van der Waals surface area contributed by atoms with Crippen molar-refractivity contribution in [2.75, 3.05) is 0 Å². The Balaban J connectivity index is 2.89. The van der Waals surface area contributed by atoms with Crippen molar-refractivity contribution in [1.29, 1.82) is 0 Å². The molecule has 0 heterocycles. The van der Waals surface area contributed by atoms with E-state index in [4.69, 9.17) is 5.21 Å². The van der Waals surface area contributed by atoms with Gasteiger partial charge in [0.15, 0.2) is 0 Å². The van der Waals surface area contributed by atoms with E-state index >= 15 is 0 Å². The van der Waals surface area contributed by atoms with E-state index in [1.165, 1.54) is 6.21 Å². The van der Waals surface area contributed by atoms with Crippen LogP contribution in [0.1, 0.15) is 17.5 Å². The van der Waals surface area contributed by atoms with Gasteiger partial charge in [-0.15, -0.1) is 0 Å². The molecule has 72 valence electrons. The molecule has 1 N–H and O–H groups in total. The van der Waals surface area contributed by atoms with Gasteiger partial charge in [0.2, 0.25) is 0 Å². The fourth-order valence-corrected chi connectivity index (χ4v) is 1.09. The van der Waals surface area contributed by atoms with Crippen LogP contribution < -0.4 is 0 Å². The molecule has 0 aromatic heterocycles. The molecule has 1 rings (SSSR count). The molecule has 0 saturated carbocycles. The van der Waals surface area contributed by atoms with E-state index in [1.54, 1.807) is 6.08 Å². The molecular weight excluding hydrogens is 178 g/mol. The Morgan fingerprint density at radius 2 is 2.00 bits per heavy atom. The second-order valence-corrected chi connectivity index (χ2v) is 2.68. The minimum Gasteiger partial charge on any atom is -0.411 e. The Morgan fingerprint density at radius 1 is 1.29 bits per heavy atom. The van der Waals surface area contributed by atoms with E-state index in [1.807, 2.05) is 30.3 Å². The number of hydrogen-bond acceptors (Lipinski definition) is 3. The smallest absolute Gasteiger partial charge is 0.123 e. The van der Waals surface area contributed by atoms with Crippen molar-refractivity contribution in [2.24, 2.45) is 5.16 Å². The lowest BCUT2D eigenvalue weighted by molar-refractivity contribution is -0.107. The average Bonchev–Trinajstić information content (AvgIpc) is 2.21. The quantitative estimate of drug-likeness (QED) is 0.341. The molecule has 0 amide bonds. The average molecular weight is 189 g/mol. The summed E-state index contributed by atoms with van der Waals surface area (Å²) >= 11 is 0. The van der Waals surface area contributed by atoms with Gasteiger partial charge in [-0.3, -0.25) is 0 Å². The third kappa shape index (κ3) is 2.86. The summed E-state index contributed by atoms with van der Waals surface area (Å²) in [5.41, 5.74) is 1.74. The molecule has 0 spiro atoms. The number of hydrogen-bond donors (Lipinski definition) is 1. The fourth-order valence-electron chi connectivity index (χ4n) is 1.09. The zero-order valence-electron chi connectivity index (χ0n) is 7.63. The van der Waals surface area contributed by atoms with Gasteiger partial charge in [0.25, 0.3) is 0 Å². The van der Waals surface area contributed by atoms with Crippen molar-refractivity contribution >= 4 is 18.6 Å². The summed E-state index contributed by atoms with van der Waals surface area (Å²) in [5, 5.41) is 11.4. The highest BCUT2D eigenvalue weighted by atomic mass is 16.4. The molecule has 0 aliphatic rings. The summed E-state index contributed by atoms with van der Waals surface area (Å²) in [6.07, 6.45) is 6.17. The maximum absolute atomic E-state index is 10.1. The zero-order valence-corrected chi connectivity index (χ0v) is 7.63. The molecule has 0 radical (unpaired) electrons. The predicted octanol–water partition coefficient (Wildman–Crippen LogP) is 2.10. The van der Waals surface area contributed by atoms with Crippen molar-refractivity contribution < 1.29 is 10.0 Å². The van der Waals surface area contributed by atoms with Crippen LogP contribution in [0.4, 0.5) is 0 Å². The van der Waals surface area contributed by atoms with Crippen molar-refractivity contribution in [3.05, 3.63) is 41.5 Å². The van der Waals surface area contributed by atoms with E-state index in [-0.39, 0.29) is 0 Å². The van der Waals surface area contributed by atoms with Gasteiger partial charge >= 0.3 is 0 Å². The number of oxime groups is 1. The summed E-state index contributed by atoms with van der Waals surface area (Å²) < 4.78 is 0. The Morgan fingerprint density at radius 3 is 2.64 bits per heavy atom. The van der Waals surface area contributed by atoms with E-state index in [0.717, 1.165) is 17.4 Å². The van der Waals surface area contributed by atoms with Crippen LogP contribution in [-0.2, 0) is 4.79 Å². The number of carbonyl (C=O) groups is 1. The standard InChI is InChI=1S/C11H11NO2/c13-8-4-3-6-10-5-1-2-7-11(10)9-12-14/h1-3,5-9,14H,4H2. The van der Waals surface area contributed by atoms with Crippen molar-refractivity contribution in [3.63, 3.8) is 0 Å². The molecule has 0 fully saturated rings. The van der Waals surface area contributed by atoms with Crippen LogP contribution >= 0.6 is 0 Å². The molecule has 3 nitrogen and oxygen atoms in total. The van der Waals surface area contributed by atoms with Crippen LogP contribution in [0.5, 0.6) is 0 Å². The Labute approximate surface area is 82.4 Å². The molecule has 0 aliphatic heterocycles. The minimum absolute atomic E-state index is 0.393. The molecule has 0 unspecified atom stereocenters. The third-order valence-electron chi connectivity index (χ3n) is 1.72. The van der Waals surface area contributed by atoms with Gasteiger partial charge in [0, 0.05) is 12.0 Å². The molecule has 1 aromatic rings. The van der Waals surface area contributed by atoms with E-state index in [9.17, 15) is 4.79 Å². The maximum atomic E-state index is 10.1. The summed E-state index contributed by atoms with van der Waals surface area (Å²) in [4.78, 5) is 10.1. The van der Waals surface area contributed by atoms with Crippen LogP contribution in [0.3, 0.4) is 0 Å². The lowest BCUT2D eigenvalue weighted by Crippen LogP contribution is -1.85. The summed E-state index contributed by atoms with van der Waals surface area (Å²) in [7, 11) is 0. The largest absolute Gasteiger partial charge is 0.411 e. The normalized spacial score (nSPS) is 11.1. The predicted molar refractivity (Wildman–Crippen MR) is 55.5 cm³/mol. The topological polar surface area (TPSA) is 49.7 Å². The first-order chi connectivity index (χ1) is 6.88. The Bertz CT molecular complexity index is 356. The van der Waals surface area contributed by atoms with Gasteiger partial charge in [-0.05, 0) is 5.56 Å². The van der Waals surface area contributed by atoms with Gasteiger partial charge in [0.1, 0.15) is 6.29 Å². The van der Waals surface area contributed by atoms with Crippen LogP contribution in [-0.4, -0.2) is 17.7 Å². The first kappa shape index (κ1) is 10.2. The highest BCUT2D eigenvalue weighted by Gasteiger charge is 1.93. The number of benzene rings is 1. The third-order valence-corrected chi connectivity index (χ3v) is 1.72. The van der Waals surface area contributed by atoms with Gasteiger partial charge in [0.05, 0.1) is 6.21 Å². The highest BCUT2D eigenvalue weighted by Crippen LogP contribution is 2.08. The van der Waals surface area contributed by atoms with Crippen molar-refractivity contribution in [2.45, 2.75) is 6.42 Å². The number of allylic oxidation sites excluding steroid dienone is 1. The molecule has 0 atom stereocenters. The summed E-state index contributed by atoms with van der Waals surface area (Å²) in [6.45, 7) is 0. The van der Waals surface area contributed by atoms with Gasteiger partial charge < -0.3 is 10.0 Å². The molecule has 1 aromatic carbocycles. The summed E-state index contributed by atoms with van der Waals surface area (Å²) in [6, 6.07) is 7.46. The minimum atomic E-state index is 0.393. The first-order valence-electron chi connectivity index (χ1n) is 4.25. The van der Waals surface area contributed by atoms with Gasteiger partial charge in [-0.25, -0.2) is 0 Å². The SMILES string of the molecule is O=CCC=Cc1ccccc1C=NO. The second-order valence-electron chi connectivity index (χ2n) is 2.68. The van der Waals surface area contributed by atoms with Crippen LogP contribution in [0.25, 0.3) is 6.08 Å². The number of rotatable bonds is 4. The van der Waals surface area contributed by atoms with E-state index < -0.39 is 0 Å². The zero-order chi connectivity index (χ0) is 10.2. The second kappa shape index (κ2) is 5.70. The Hall–Kier alpha value is -1.90. The molecule has 0 bridgehead atoms. The molecule has 0 saturated heterocycles.